The predicted molar refractivity (Wildman–Crippen MR) is 99.5 cm³/mol. The zero-order valence-electron chi connectivity index (χ0n) is 15.0. The van der Waals surface area contributed by atoms with E-state index in [1.807, 2.05) is 11.5 Å². The van der Waals surface area contributed by atoms with Crippen LogP contribution in [0.3, 0.4) is 0 Å². The van der Waals surface area contributed by atoms with Crippen molar-refractivity contribution in [2.24, 2.45) is 0 Å². The topological polar surface area (TPSA) is 117 Å². The third kappa shape index (κ3) is 3.39. The van der Waals surface area contributed by atoms with Gasteiger partial charge < -0.3 is 10.3 Å². The van der Waals surface area contributed by atoms with E-state index in [2.05, 4.69) is 33.8 Å². The number of nitrogens with zero attached hydrogens (tertiary/aromatic N) is 5. The monoisotopic (exact) mass is 374 g/mol. The van der Waals surface area contributed by atoms with E-state index in [1.54, 1.807) is 12.4 Å². The van der Waals surface area contributed by atoms with Crippen LogP contribution in [0.4, 0.5) is 5.82 Å². The Balaban J connectivity index is 1.84. The minimum atomic E-state index is -3.50. The molecule has 0 radical (unpaired) electrons. The van der Waals surface area contributed by atoms with Gasteiger partial charge in [0.25, 0.3) is 0 Å². The molecule has 3 aromatic rings. The summed E-state index contributed by atoms with van der Waals surface area (Å²) in [6.07, 6.45) is 4.96. The summed E-state index contributed by atoms with van der Waals surface area (Å²) in [6.45, 7) is 6.63. The summed E-state index contributed by atoms with van der Waals surface area (Å²) in [4.78, 5) is 16.5. The van der Waals surface area contributed by atoms with Crippen molar-refractivity contribution < 1.29 is 8.42 Å². The number of hydrogen-bond donors (Lipinski definition) is 1. The third-order valence-electron chi connectivity index (χ3n) is 4.24. The number of aromatic nitrogens is 5. The number of hydrogen-bond acceptors (Lipinski definition) is 7. The average molecular weight is 374 g/mol. The SMILES string of the molecule is Cc1c(C(C)C)nc(N)c2ncn(CCCS(=O)(=O)c3ncccn3)c12. The molecule has 0 saturated heterocycles. The van der Waals surface area contributed by atoms with E-state index in [-0.39, 0.29) is 16.8 Å². The van der Waals surface area contributed by atoms with Crippen molar-refractivity contribution in [1.82, 2.24) is 24.5 Å². The molecule has 8 nitrogen and oxygen atoms in total. The van der Waals surface area contributed by atoms with Gasteiger partial charge in [0.05, 0.1) is 23.3 Å². The molecule has 3 heterocycles. The maximum absolute atomic E-state index is 12.3. The van der Waals surface area contributed by atoms with E-state index in [1.165, 1.54) is 12.4 Å². The number of sulfone groups is 1. The van der Waals surface area contributed by atoms with E-state index in [0.29, 0.717) is 24.3 Å². The molecular weight excluding hydrogens is 352 g/mol. The number of nitrogens with two attached hydrogens (primary N) is 1. The van der Waals surface area contributed by atoms with Crippen molar-refractivity contribution in [2.45, 2.75) is 44.8 Å². The lowest BCUT2D eigenvalue weighted by molar-refractivity contribution is 0.578. The molecule has 0 fully saturated rings. The summed E-state index contributed by atoms with van der Waals surface area (Å²) < 4.78 is 26.6. The van der Waals surface area contributed by atoms with Gasteiger partial charge in [0.1, 0.15) is 5.52 Å². The van der Waals surface area contributed by atoms with Crippen molar-refractivity contribution in [2.75, 3.05) is 11.5 Å². The second kappa shape index (κ2) is 6.99. The molecule has 2 N–H and O–H groups in total. The third-order valence-corrected chi connectivity index (χ3v) is 5.83. The lowest BCUT2D eigenvalue weighted by Crippen LogP contribution is -2.13. The van der Waals surface area contributed by atoms with Gasteiger partial charge in [-0.15, -0.1) is 0 Å². The van der Waals surface area contributed by atoms with E-state index >= 15 is 0 Å². The summed E-state index contributed by atoms with van der Waals surface area (Å²) in [6, 6.07) is 1.59. The van der Waals surface area contributed by atoms with Gasteiger partial charge in [-0.2, -0.15) is 0 Å². The average Bonchev–Trinajstić information content (AvgIpc) is 3.03. The van der Waals surface area contributed by atoms with Gasteiger partial charge >= 0.3 is 0 Å². The number of imidazole rings is 1. The highest BCUT2D eigenvalue weighted by Gasteiger charge is 2.19. The number of anilines is 1. The number of rotatable bonds is 6. The van der Waals surface area contributed by atoms with E-state index < -0.39 is 9.84 Å². The Morgan fingerprint density at radius 1 is 1.19 bits per heavy atom. The molecule has 0 aromatic carbocycles. The summed E-state index contributed by atoms with van der Waals surface area (Å²) >= 11 is 0. The van der Waals surface area contributed by atoms with Crippen molar-refractivity contribution in [3.05, 3.63) is 36.0 Å². The lowest BCUT2D eigenvalue weighted by Gasteiger charge is -2.13. The van der Waals surface area contributed by atoms with E-state index in [9.17, 15) is 8.42 Å². The Morgan fingerprint density at radius 3 is 2.54 bits per heavy atom. The molecular formula is C17H22N6O2S. The Hall–Kier alpha value is -2.55. The van der Waals surface area contributed by atoms with Gasteiger partial charge in [-0.25, -0.2) is 28.4 Å². The van der Waals surface area contributed by atoms with Gasteiger partial charge in [0, 0.05) is 18.9 Å². The molecule has 0 aliphatic heterocycles. The Labute approximate surface area is 152 Å². The second-order valence-corrected chi connectivity index (χ2v) is 8.50. The summed E-state index contributed by atoms with van der Waals surface area (Å²) in [7, 11) is -3.50. The van der Waals surface area contributed by atoms with Crippen molar-refractivity contribution in [3.63, 3.8) is 0 Å². The van der Waals surface area contributed by atoms with E-state index in [0.717, 1.165) is 16.8 Å². The minimum Gasteiger partial charge on any atom is -0.382 e. The highest BCUT2D eigenvalue weighted by atomic mass is 32.2. The molecule has 0 bridgehead atoms. The molecule has 0 amide bonds. The van der Waals surface area contributed by atoms with Crippen LogP contribution in [0.15, 0.2) is 29.9 Å². The van der Waals surface area contributed by atoms with Crippen LogP contribution in [0.2, 0.25) is 0 Å². The van der Waals surface area contributed by atoms with E-state index in [4.69, 9.17) is 5.73 Å². The molecule has 0 unspecified atom stereocenters. The Kier molecular flexibility index (Phi) is 4.90. The first-order valence-electron chi connectivity index (χ1n) is 8.42. The molecule has 0 aliphatic rings. The minimum absolute atomic E-state index is 0.0344. The van der Waals surface area contributed by atoms with Crippen molar-refractivity contribution in [1.29, 1.82) is 0 Å². The van der Waals surface area contributed by atoms with Crippen LogP contribution < -0.4 is 5.73 Å². The fourth-order valence-corrected chi connectivity index (χ4v) is 4.18. The first-order valence-corrected chi connectivity index (χ1v) is 10.1. The van der Waals surface area contributed by atoms with Crippen molar-refractivity contribution in [3.8, 4) is 0 Å². The molecule has 3 aromatic heterocycles. The molecule has 0 saturated carbocycles. The summed E-state index contributed by atoms with van der Waals surface area (Å²) in [5.74, 6) is 0.604. The van der Waals surface area contributed by atoms with Gasteiger partial charge in [-0.05, 0) is 30.9 Å². The molecule has 0 spiro atoms. The van der Waals surface area contributed by atoms with Crippen molar-refractivity contribution >= 4 is 26.7 Å². The molecule has 3 rings (SSSR count). The highest BCUT2D eigenvalue weighted by molar-refractivity contribution is 7.91. The normalized spacial score (nSPS) is 12.2. The van der Waals surface area contributed by atoms with Gasteiger partial charge in [-0.3, -0.25) is 0 Å². The predicted octanol–water partition coefficient (Wildman–Crippen LogP) is 2.10. The number of pyridine rings is 1. The summed E-state index contributed by atoms with van der Waals surface area (Å²) in [5.41, 5.74) is 9.57. The lowest BCUT2D eigenvalue weighted by atomic mass is 10.0. The standard InChI is InChI=1S/C17H22N6O2S/c1-11(2)13-12(3)15-14(16(18)22-13)21-10-23(15)8-5-9-26(24,25)17-19-6-4-7-20-17/h4,6-7,10-11H,5,8-9H2,1-3H3,(H2,18,22). The highest BCUT2D eigenvalue weighted by Crippen LogP contribution is 2.28. The van der Waals surface area contributed by atoms with Gasteiger partial charge in [-0.1, -0.05) is 13.8 Å². The number of nitrogen functional groups attached to an aromatic ring is 1. The molecule has 0 atom stereocenters. The first kappa shape index (κ1) is 18.2. The first-order chi connectivity index (χ1) is 12.3. The second-order valence-electron chi connectivity index (χ2n) is 6.50. The Bertz CT molecular complexity index is 1030. The molecule has 138 valence electrons. The summed E-state index contributed by atoms with van der Waals surface area (Å²) in [5, 5.41) is -0.137. The van der Waals surface area contributed by atoms with Crippen LogP contribution in [-0.2, 0) is 16.4 Å². The number of fused-ring (bicyclic) bond motifs is 1. The fourth-order valence-electron chi connectivity index (χ4n) is 3.04. The van der Waals surface area contributed by atoms with Crippen LogP contribution in [0, 0.1) is 6.92 Å². The van der Waals surface area contributed by atoms with Crippen LogP contribution in [-0.4, -0.2) is 38.7 Å². The van der Waals surface area contributed by atoms with Crippen LogP contribution in [0.25, 0.3) is 11.0 Å². The number of aryl methyl sites for hydroxylation is 2. The fraction of sp³-hybridized carbons (Fsp3) is 0.412. The van der Waals surface area contributed by atoms with Crippen LogP contribution in [0.5, 0.6) is 0 Å². The van der Waals surface area contributed by atoms with Gasteiger partial charge in [0.2, 0.25) is 15.0 Å². The van der Waals surface area contributed by atoms with Crippen LogP contribution in [0.1, 0.15) is 37.4 Å². The van der Waals surface area contributed by atoms with Crippen LogP contribution >= 0.6 is 0 Å². The maximum atomic E-state index is 12.3. The maximum Gasteiger partial charge on any atom is 0.246 e. The van der Waals surface area contributed by atoms with Gasteiger partial charge in [0.15, 0.2) is 5.82 Å². The zero-order valence-corrected chi connectivity index (χ0v) is 15.9. The molecule has 9 heteroatoms. The molecule has 26 heavy (non-hydrogen) atoms. The smallest absolute Gasteiger partial charge is 0.246 e. The Morgan fingerprint density at radius 2 is 1.88 bits per heavy atom. The quantitative estimate of drug-likeness (QED) is 0.657. The largest absolute Gasteiger partial charge is 0.382 e. The zero-order chi connectivity index (χ0) is 18.9. The molecule has 0 aliphatic carbocycles.